The molecule has 0 radical (unpaired) electrons. The van der Waals surface area contributed by atoms with Gasteiger partial charge in [0.2, 0.25) is 0 Å². The number of hydrogen-bond acceptors (Lipinski definition) is 3. The third-order valence-corrected chi connectivity index (χ3v) is 13.0. The van der Waals surface area contributed by atoms with Crippen LogP contribution in [-0.2, 0) is 0 Å². The Morgan fingerprint density at radius 2 is 0.769 bits per heavy atom. The molecule has 0 unspecified atom stereocenters. The number of benzene rings is 11. The molecule has 0 saturated heterocycles. The summed E-state index contributed by atoms with van der Waals surface area (Å²) in [6.07, 6.45) is 0. The number of nitrogens with zero attached hydrogens (tertiary/aromatic N) is 4. The Bertz CT molecular complexity index is 3930. The Balaban J connectivity index is 0.950. The van der Waals surface area contributed by atoms with Gasteiger partial charge in [-0.1, -0.05) is 200 Å². The van der Waals surface area contributed by atoms with Crippen molar-refractivity contribution >= 4 is 64.9 Å². The molecular formula is C61H38N4. The third-order valence-electron chi connectivity index (χ3n) is 13.0. The maximum atomic E-state index is 4.97. The van der Waals surface area contributed by atoms with Gasteiger partial charge in [-0.2, -0.15) is 0 Å². The molecule has 4 nitrogen and oxygen atoms in total. The average Bonchev–Trinajstić information content (AvgIpc) is 3.72. The van der Waals surface area contributed by atoms with Gasteiger partial charge in [0, 0.05) is 33.2 Å². The van der Waals surface area contributed by atoms with Crippen molar-refractivity contribution in [1.29, 1.82) is 0 Å². The summed E-state index contributed by atoms with van der Waals surface area (Å²) in [4.78, 5) is 14.8. The summed E-state index contributed by atoms with van der Waals surface area (Å²) in [5.74, 6) is 1.95. The smallest absolute Gasteiger partial charge is 0.164 e. The van der Waals surface area contributed by atoms with E-state index in [9.17, 15) is 0 Å². The molecule has 0 aliphatic rings. The van der Waals surface area contributed by atoms with Crippen molar-refractivity contribution in [2.75, 3.05) is 0 Å². The lowest BCUT2D eigenvalue weighted by Gasteiger charge is -2.16. The second-order valence-electron chi connectivity index (χ2n) is 16.8. The highest BCUT2D eigenvalue weighted by molar-refractivity contribution is 6.29. The zero-order valence-corrected chi connectivity index (χ0v) is 35.2. The summed E-state index contributed by atoms with van der Waals surface area (Å²) in [6.45, 7) is 0. The van der Waals surface area contributed by atoms with Gasteiger partial charge in [0.25, 0.3) is 0 Å². The topological polar surface area (TPSA) is 43.6 Å². The standard InChI is InChI=1S/C61H38N4/c1-3-15-41(16-4-1)59-62-60(42-17-5-2-6-18-42)64-61(63-59)43-28-26-40(27-29-43)45-31-35-54-55(37-45)50-21-10-9-20-49(50)53-24-13-23-48(58(53)54)46-32-34-52-51-22-11-12-25-56(51)65(57(52)38-46)47-33-30-39-14-7-8-19-44(39)36-47/h1-38H. The van der Waals surface area contributed by atoms with E-state index >= 15 is 0 Å². The fraction of sp³-hybridized carbons (Fsp3) is 0. The van der Waals surface area contributed by atoms with E-state index in [1.165, 1.54) is 76.0 Å². The normalized spacial score (nSPS) is 11.7. The molecule has 0 spiro atoms. The second-order valence-corrected chi connectivity index (χ2v) is 16.8. The molecule has 0 aliphatic heterocycles. The largest absolute Gasteiger partial charge is 0.309 e. The zero-order chi connectivity index (χ0) is 42.8. The molecule has 0 bridgehead atoms. The van der Waals surface area contributed by atoms with Gasteiger partial charge in [0.15, 0.2) is 17.5 Å². The van der Waals surface area contributed by atoms with Crippen LogP contribution in [0.15, 0.2) is 231 Å². The maximum absolute atomic E-state index is 4.97. The van der Waals surface area contributed by atoms with Gasteiger partial charge in [-0.3, -0.25) is 0 Å². The van der Waals surface area contributed by atoms with Crippen molar-refractivity contribution in [2.24, 2.45) is 0 Å². The van der Waals surface area contributed by atoms with Crippen molar-refractivity contribution in [3.8, 4) is 62.1 Å². The summed E-state index contributed by atoms with van der Waals surface area (Å²) in [5, 5.41) is 12.4. The highest BCUT2D eigenvalue weighted by Crippen LogP contribution is 2.43. The SMILES string of the molecule is c1ccc(-c2nc(-c3ccccc3)nc(-c3ccc(-c4ccc5c(c4)c4ccccc4c4cccc(-c6ccc7c8ccccc8n(-c8ccc9ccccc9c8)c7c6)c45)cc3)n2)cc1. The highest BCUT2D eigenvalue weighted by atomic mass is 15.0. The minimum atomic E-state index is 0.642. The fourth-order valence-corrected chi connectivity index (χ4v) is 9.91. The lowest BCUT2D eigenvalue weighted by atomic mass is 9.88. The van der Waals surface area contributed by atoms with Crippen LogP contribution in [0.25, 0.3) is 127 Å². The quantitative estimate of drug-likeness (QED) is 0.157. The van der Waals surface area contributed by atoms with Crippen molar-refractivity contribution in [3.63, 3.8) is 0 Å². The maximum Gasteiger partial charge on any atom is 0.164 e. The van der Waals surface area contributed by atoms with E-state index in [0.717, 1.165) is 33.5 Å². The Morgan fingerprint density at radius 1 is 0.262 bits per heavy atom. The molecule has 2 heterocycles. The molecule has 4 heteroatoms. The molecule has 0 aliphatic carbocycles. The first-order valence-corrected chi connectivity index (χ1v) is 22.1. The average molecular weight is 827 g/mol. The lowest BCUT2D eigenvalue weighted by Crippen LogP contribution is -2.00. The van der Waals surface area contributed by atoms with Crippen molar-refractivity contribution in [1.82, 2.24) is 19.5 Å². The van der Waals surface area contributed by atoms with Gasteiger partial charge in [-0.05, 0) is 95.7 Å². The molecule has 13 aromatic rings. The molecule has 0 N–H and O–H groups in total. The molecule has 2 aromatic heterocycles. The molecule has 0 amide bonds. The molecule has 0 atom stereocenters. The number of hydrogen-bond donors (Lipinski definition) is 0. The Hall–Kier alpha value is -8.73. The fourth-order valence-electron chi connectivity index (χ4n) is 9.91. The molecule has 302 valence electrons. The molecular weight excluding hydrogens is 789 g/mol. The molecule has 0 fully saturated rings. The lowest BCUT2D eigenvalue weighted by molar-refractivity contribution is 1.07. The first kappa shape index (κ1) is 36.9. The van der Waals surface area contributed by atoms with Gasteiger partial charge >= 0.3 is 0 Å². The minimum absolute atomic E-state index is 0.642. The van der Waals surface area contributed by atoms with Crippen LogP contribution < -0.4 is 0 Å². The number of aromatic nitrogens is 4. The van der Waals surface area contributed by atoms with Crippen molar-refractivity contribution in [3.05, 3.63) is 231 Å². The van der Waals surface area contributed by atoms with E-state index in [1.54, 1.807) is 0 Å². The summed E-state index contributed by atoms with van der Waals surface area (Å²) in [7, 11) is 0. The number of fused-ring (bicyclic) bond motifs is 10. The summed E-state index contributed by atoms with van der Waals surface area (Å²) < 4.78 is 2.43. The van der Waals surface area contributed by atoms with Gasteiger partial charge in [0.1, 0.15) is 0 Å². The van der Waals surface area contributed by atoms with E-state index < -0.39 is 0 Å². The van der Waals surface area contributed by atoms with Crippen LogP contribution in [0, 0.1) is 0 Å². The van der Waals surface area contributed by atoms with Crippen molar-refractivity contribution in [2.45, 2.75) is 0 Å². The number of para-hydroxylation sites is 1. The van der Waals surface area contributed by atoms with E-state index in [1.807, 2.05) is 60.7 Å². The summed E-state index contributed by atoms with van der Waals surface area (Å²) in [5.41, 5.74) is 11.1. The minimum Gasteiger partial charge on any atom is -0.309 e. The molecule has 13 rings (SSSR count). The van der Waals surface area contributed by atoms with Gasteiger partial charge in [-0.25, -0.2) is 15.0 Å². The monoisotopic (exact) mass is 826 g/mol. The third kappa shape index (κ3) is 6.18. The van der Waals surface area contributed by atoms with Gasteiger partial charge in [-0.15, -0.1) is 0 Å². The molecule has 0 saturated carbocycles. The van der Waals surface area contributed by atoms with Crippen LogP contribution >= 0.6 is 0 Å². The Labute approximate surface area is 375 Å². The van der Waals surface area contributed by atoms with Gasteiger partial charge in [0.05, 0.1) is 11.0 Å². The zero-order valence-electron chi connectivity index (χ0n) is 35.2. The summed E-state index contributed by atoms with van der Waals surface area (Å²) >= 11 is 0. The Kier molecular flexibility index (Phi) is 8.50. The van der Waals surface area contributed by atoms with E-state index in [-0.39, 0.29) is 0 Å². The predicted molar refractivity (Wildman–Crippen MR) is 271 cm³/mol. The summed E-state index contributed by atoms with van der Waals surface area (Å²) in [6, 6.07) is 82.6. The van der Waals surface area contributed by atoms with Crippen LogP contribution in [0.4, 0.5) is 0 Å². The first-order chi connectivity index (χ1) is 32.2. The van der Waals surface area contributed by atoms with E-state index in [2.05, 4.69) is 174 Å². The van der Waals surface area contributed by atoms with E-state index in [0.29, 0.717) is 17.5 Å². The van der Waals surface area contributed by atoms with Crippen molar-refractivity contribution < 1.29 is 0 Å². The number of rotatable bonds is 6. The van der Waals surface area contributed by atoms with E-state index in [4.69, 9.17) is 15.0 Å². The van der Waals surface area contributed by atoms with Crippen LogP contribution in [0.1, 0.15) is 0 Å². The van der Waals surface area contributed by atoms with Crippen LogP contribution in [-0.4, -0.2) is 19.5 Å². The predicted octanol–water partition coefficient (Wildman–Crippen LogP) is 15.9. The first-order valence-electron chi connectivity index (χ1n) is 22.1. The van der Waals surface area contributed by atoms with Crippen LogP contribution in [0.2, 0.25) is 0 Å². The molecule has 65 heavy (non-hydrogen) atoms. The Morgan fingerprint density at radius 3 is 1.49 bits per heavy atom. The second kappa shape index (κ2) is 15.0. The van der Waals surface area contributed by atoms with Crippen LogP contribution in [0.3, 0.4) is 0 Å². The highest BCUT2D eigenvalue weighted by Gasteiger charge is 2.18. The van der Waals surface area contributed by atoms with Crippen LogP contribution in [0.5, 0.6) is 0 Å². The molecule has 11 aromatic carbocycles. The van der Waals surface area contributed by atoms with Gasteiger partial charge < -0.3 is 4.57 Å².